The molecule has 4 aromatic heterocycles. The van der Waals surface area contributed by atoms with Crippen LogP contribution in [-0.2, 0) is 0 Å². The van der Waals surface area contributed by atoms with E-state index < -0.39 is 0 Å². The fraction of sp³-hybridized carbons (Fsp3) is 0. The number of hydrogen-bond acceptors (Lipinski definition) is 2. The van der Waals surface area contributed by atoms with Crippen molar-refractivity contribution >= 4 is 98.3 Å². The molecule has 0 saturated heterocycles. The van der Waals surface area contributed by atoms with Gasteiger partial charge in [-0.1, -0.05) is 97.1 Å². The van der Waals surface area contributed by atoms with Crippen LogP contribution in [0.5, 0.6) is 0 Å². The highest BCUT2D eigenvalue weighted by Gasteiger charge is 2.20. The molecule has 0 spiro atoms. The van der Waals surface area contributed by atoms with E-state index in [4.69, 9.17) is 8.83 Å². The smallest absolute Gasteiger partial charge is 0.137 e. The van der Waals surface area contributed by atoms with Gasteiger partial charge in [-0.3, -0.25) is 0 Å². The molecule has 13 aromatic rings. The molecule has 0 unspecified atom stereocenters. The summed E-state index contributed by atoms with van der Waals surface area (Å²) in [5.41, 5.74) is 12.8. The summed E-state index contributed by atoms with van der Waals surface area (Å²) in [5.74, 6) is 0. The number of benzene rings is 9. The molecule has 0 amide bonds. The van der Waals surface area contributed by atoms with Gasteiger partial charge in [-0.05, 0) is 94.7 Å². The Bertz CT molecular complexity index is 3760. The Kier molecular flexibility index (Phi) is 5.86. The van der Waals surface area contributed by atoms with E-state index in [1.165, 1.54) is 43.4 Å². The van der Waals surface area contributed by atoms with Gasteiger partial charge in [-0.2, -0.15) is 0 Å². The monoisotopic (exact) mass is 714 g/mol. The van der Waals surface area contributed by atoms with Crippen molar-refractivity contribution < 1.29 is 8.83 Å². The van der Waals surface area contributed by atoms with Crippen LogP contribution in [0.4, 0.5) is 0 Å². The second kappa shape index (κ2) is 11.0. The molecule has 0 aliphatic rings. The van der Waals surface area contributed by atoms with E-state index in [0.29, 0.717) is 0 Å². The van der Waals surface area contributed by atoms with Gasteiger partial charge in [-0.15, -0.1) is 0 Å². The zero-order valence-corrected chi connectivity index (χ0v) is 30.0. The Morgan fingerprint density at radius 3 is 1.38 bits per heavy atom. The number of aromatic nitrogens is 2. The highest BCUT2D eigenvalue weighted by atomic mass is 16.3. The van der Waals surface area contributed by atoms with Gasteiger partial charge in [0.05, 0.1) is 22.1 Å². The van der Waals surface area contributed by atoms with Crippen LogP contribution in [-0.4, -0.2) is 9.13 Å². The third kappa shape index (κ3) is 4.13. The summed E-state index contributed by atoms with van der Waals surface area (Å²) < 4.78 is 17.6. The van der Waals surface area contributed by atoms with Gasteiger partial charge < -0.3 is 18.0 Å². The van der Waals surface area contributed by atoms with Crippen LogP contribution in [0, 0.1) is 0 Å². The van der Waals surface area contributed by atoms with Crippen LogP contribution in [0.25, 0.3) is 121 Å². The van der Waals surface area contributed by atoms with Gasteiger partial charge in [0.1, 0.15) is 22.3 Å². The number of hydrogen-bond donors (Lipinski definition) is 0. The summed E-state index contributed by atoms with van der Waals surface area (Å²) >= 11 is 0. The Balaban J connectivity index is 1.08. The van der Waals surface area contributed by atoms with Crippen LogP contribution in [0.3, 0.4) is 0 Å². The zero-order chi connectivity index (χ0) is 36.5. The first-order valence-corrected chi connectivity index (χ1v) is 19.1. The normalized spacial score (nSPS) is 12.3. The van der Waals surface area contributed by atoms with Crippen LogP contribution in [0.15, 0.2) is 191 Å². The topological polar surface area (TPSA) is 36.1 Å². The summed E-state index contributed by atoms with van der Waals surface area (Å²) in [6.07, 6.45) is 0. The molecule has 0 N–H and O–H groups in total. The van der Waals surface area contributed by atoms with Gasteiger partial charge >= 0.3 is 0 Å². The fourth-order valence-corrected chi connectivity index (χ4v) is 9.28. The number of nitrogens with zero attached hydrogens (tertiary/aromatic N) is 2. The first-order chi connectivity index (χ1) is 27.7. The average molecular weight is 715 g/mol. The molecule has 0 atom stereocenters. The SMILES string of the molecule is c1ccc(-n2c3ccc(-c4ccc5c(c4)c4cc6c(cc4n5-c4ccc5ccccc5c4)oc4ccccc46)cc3c3cc4c(cc32)oc2ccccc24)cc1. The number of rotatable bonds is 3. The Labute approximate surface area is 319 Å². The first-order valence-electron chi connectivity index (χ1n) is 19.1. The summed E-state index contributed by atoms with van der Waals surface area (Å²) in [6.45, 7) is 0. The standard InChI is InChI=1S/C52H30N2O2/c1-2-12-35(13-3-1)53-45-22-19-33(25-39(45)41-27-43-37-14-6-8-16-49(37)55-51(43)29-47(41)53)34-20-23-46-40(26-34)42-28-44-38-15-7-9-17-50(38)56-52(44)30-48(42)54(46)36-21-18-31-10-4-5-11-32(31)24-36/h1-30H. The van der Waals surface area contributed by atoms with Crippen molar-refractivity contribution in [1.29, 1.82) is 0 Å². The van der Waals surface area contributed by atoms with Crippen molar-refractivity contribution in [2.75, 3.05) is 0 Å². The van der Waals surface area contributed by atoms with Gasteiger partial charge in [0.2, 0.25) is 0 Å². The first kappa shape index (κ1) is 29.8. The van der Waals surface area contributed by atoms with Crippen molar-refractivity contribution in [1.82, 2.24) is 9.13 Å². The minimum absolute atomic E-state index is 0.892. The number of furan rings is 2. The van der Waals surface area contributed by atoms with Crippen molar-refractivity contribution in [3.05, 3.63) is 182 Å². The molecule has 9 aromatic carbocycles. The van der Waals surface area contributed by atoms with Crippen LogP contribution in [0.1, 0.15) is 0 Å². The zero-order valence-electron chi connectivity index (χ0n) is 30.0. The van der Waals surface area contributed by atoms with Crippen molar-refractivity contribution in [3.8, 4) is 22.5 Å². The molecule has 0 aliphatic heterocycles. The van der Waals surface area contributed by atoms with Crippen LogP contribution < -0.4 is 0 Å². The predicted molar refractivity (Wildman–Crippen MR) is 233 cm³/mol. The molecule has 4 heterocycles. The van der Waals surface area contributed by atoms with Gasteiger partial charge in [0.15, 0.2) is 0 Å². The van der Waals surface area contributed by atoms with Crippen molar-refractivity contribution in [2.45, 2.75) is 0 Å². The molecule has 4 heteroatoms. The minimum atomic E-state index is 0.892. The molecule has 0 fully saturated rings. The summed E-state index contributed by atoms with van der Waals surface area (Å²) in [7, 11) is 0. The van der Waals surface area contributed by atoms with Crippen molar-refractivity contribution in [3.63, 3.8) is 0 Å². The van der Waals surface area contributed by atoms with E-state index >= 15 is 0 Å². The lowest BCUT2D eigenvalue weighted by Crippen LogP contribution is -1.94. The lowest BCUT2D eigenvalue weighted by molar-refractivity contribution is 0.669. The second-order valence-electron chi connectivity index (χ2n) is 14.9. The quantitative estimate of drug-likeness (QED) is 0.183. The maximum absolute atomic E-state index is 6.44. The van der Waals surface area contributed by atoms with E-state index in [9.17, 15) is 0 Å². The fourth-order valence-electron chi connectivity index (χ4n) is 9.28. The Hall–Kier alpha value is -7.56. The maximum atomic E-state index is 6.44. The van der Waals surface area contributed by atoms with Gasteiger partial charge in [0.25, 0.3) is 0 Å². The second-order valence-corrected chi connectivity index (χ2v) is 14.9. The molecule has 56 heavy (non-hydrogen) atoms. The molecule has 0 saturated carbocycles. The number of fused-ring (bicyclic) bond motifs is 13. The third-order valence-electron chi connectivity index (χ3n) is 11.9. The van der Waals surface area contributed by atoms with E-state index in [-0.39, 0.29) is 0 Å². The summed E-state index contributed by atoms with van der Waals surface area (Å²) in [4.78, 5) is 0. The third-order valence-corrected chi connectivity index (χ3v) is 11.9. The molecule has 13 rings (SSSR count). The highest BCUT2D eigenvalue weighted by Crippen LogP contribution is 2.42. The van der Waals surface area contributed by atoms with Gasteiger partial charge in [0, 0.05) is 66.6 Å². The van der Waals surface area contributed by atoms with Crippen LogP contribution in [0.2, 0.25) is 0 Å². The van der Waals surface area contributed by atoms with E-state index in [1.54, 1.807) is 0 Å². The molecule has 4 nitrogen and oxygen atoms in total. The molecule has 260 valence electrons. The maximum Gasteiger partial charge on any atom is 0.137 e. The van der Waals surface area contributed by atoms with E-state index in [2.05, 4.69) is 179 Å². The molecular weight excluding hydrogens is 685 g/mol. The van der Waals surface area contributed by atoms with Crippen molar-refractivity contribution in [2.24, 2.45) is 0 Å². The number of para-hydroxylation sites is 3. The summed E-state index contributed by atoms with van der Waals surface area (Å²) in [6, 6.07) is 65.5. The Morgan fingerprint density at radius 2 is 0.768 bits per heavy atom. The largest absolute Gasteiger partial charge is 0.456 e. The molecular formula is C52H30N2O2. The van der Waals surface area contributed by atoms with Gasteiger partial charge in [-0.25, -0.2) is 0 Å². The predicted octanol–water partition coefficient (Wildman–Crippen LogP) is 14.5. The molecule has 0 radical (unpaired) electrons. The molecule has 0 bridgehead atoms. The lowest BCUT2D eigenvalue weighted by atomic mass is 10.00. The molecule has 0 aliphatic carbocycles. The van der Waals surface area contributed by atoms with E-state index in [1.807, 2.05) is 12.1 Å². The van der Waals surface area contributed by atoms with E-state index in [0.717, 1.165) is 77.3 Å². The lowest BCUT2D eigenvalue weighted by Gasteiger charge is -2.10. The Morgan fingerprint density at radius 1 is 0.268 bits per heavy atom. The average Bonchev–Trinajstić information content (AvgIpc) is 3.98. The van der Waals surface area contributed by atoms with Crippen LogP contribution >= 0.6 is 0 Å². The highest BCUT2D eigenvalue weighted by molar-refractivity contribution is 6.20. The minimum Gasteiger partial charge on any atom is -0.456 e. The summed E-state index contributed by atoms with van der Waals surface area (Å²) in [5, 5.41) is 11.8.